The fourth-order valence-electron chi connectivity index (χ4n) is 3.52. The quantitative estimate of drug-likeness (QED) is 0.657. The van der Waals surface area contributed by atoms with Crippen molar-refractivity contribution in [2.24, 2.45) is 0 Å². The molecule has 3 heterocycles. The van der Waals surface area contributed by atoms with E-state index in [-0.39, 0.29) is 17.6 Å². The van der Waals surface area contributed by atoms with Crippen LogP contribution in [0.25, 0.3) is 6.08 Å². The Hall–Kier alpha value is -3.51. The van der Waals surface area contributed by atoms with E-state index in [4.69, 9.17) is 5.73 Å². The Labute approximate surface area is 170 Å². The zero-order chi connectivity index (χ0) is 20.2. The third-order valence-electron chi connectivity index (χ3n) is 5.09. The average Bonchev–Trinajstić information content (AvgIpc) is 2.80. The second kappa shape index (κ2) is 8.24. The molecule has 3 aromatic rings. The Morgan fingerprint density at radius 2 is 2.03 bits per heavy atom. The van der Waals surface area contributed by atoms with Gasteiger partial charge in [-0.1, -0.05) is 49.1 Å². The summed E-state index contributed by atoms with van der Waals surface area (Å²) in [6.45, 7) is 6.17. The van der Waals surface area contributed by atoms with Gasteiger partial charge in [0.25, 0.3) is 0 Å². The van der Waals surface area contributed by atoms with Gasteiger partial charge in [-0.2, -0.15) is 0 Å². The smallest absolute Gasteiger partial charge is 0.215 e. The minimum absolute atomic E-state index is 0.194. The van der Waals surface area contributed by atoms with Crippen LogP contribution in [0.1, 0.15) is 33.2 Å². The van der Waals surface area contributed by atoms with Gasteiger partial charge < -0.3 is 16.0 Å². The fraction of sp³-hybridized carbons (Fsp3) is 0.174. The first-order valence-corrected chi connectivity index (χ1v) is 9.58. The van der Waals surface area contributed by atoms with Crippen LogP contribution in [-0.4, -0.2) is 35.4 Å². The molecule has 1 saturated heterocycles. The van der Waals surface area contributed by atoms with Gasteiger partial charge >= 0.3 is 0 Å². The first kappa shape index (κ1) is 18.8. The molecule has 1 aliphatic rings. The van der Waals surface area contributed by atoms with Crippen LogP contribution in [-0.2, 0) is 0 Å². The predicted octanol–water partition coefficient (Wildman–Crippen LogP) is 3.08. The van der Waals surface area contributed by atoms with Gasteiger partial charge in [-0.25, -0.2) is 9.97 Å². The maximum atomic E-state index is 13.0. The lowest BCUT2D eigenvalue weighted by molar-refractivity contribution is 0.103. The first-order chi connectivity index (χ1) is 14.2. The van der Waals surface area contributed by atoms with Gasteiger partial charge in [-0.05, 0) is 29.3 Å². The number of aromatic nitrogens is 2. The van der Waals surface area contributed by atoms with E-state index in [1.165, 1.54) is 5.56 Å². The van der Waals surface area contributed by atoms with Crippen molar-refractivity contribution >= 4 is 23.5 Å². The minimum Gasteiger partial charge on any atom is -0.383 e. The SMILES string of the molecule is C=Cc1cnc(N)c(C(=O)c2cccc(N3CCNC(c4ccccc4)C3)n2)c1. The number of nitrogens with two attached hydrogens (primary N) is 1. The van der Waals surface area contributed by atoms with E-state index in [1.54, 1.807) is 24.4 Å². The molecule has 0 radical (unpaired) electrons. The van der Waals surface area contributed by atoms with Gasteiger partial charge in [-0.3, -0.25) is 4.79 Å². The molecule has 0 spiro atoms. The van der Waals surface area contributed by atoms with Gasteiger partial charge in [0.15, 0.2) is 0 Å². The van der Waals surface area contributed by atoms with E-state index in [9.17, 15) is 4.79 Å². The number of carbonyl (C=O) groups excluding carboxylic acids is 1. The van der Waals surface area contributed by atoms with Crippen LogP contribution in [0.4, 0.5) is 11.6 Å². The zero-order valence-corrected chi connectivity index (χ0v) is 16.1. The molecule has 0 bridgehead atoms. The van der Waals surface area contributed by atoms with E-state index in [2.05, 4.69) is 38.9 Å². The lowest BCUT2D eigenvalue weighted by Gasteiger charge is -2.35. The third kappa shape index (κ3) is 4.02. The number of hydrogen-bond acceptors (Lipinski definition) is 6. The highest BCUT2D eigenvalue weighted by molar-refractivity contribution is 6.10. The van der Waals surface area contributed by atoms with Gasteiger partial charge in [0.2, 0.25) is 5.78 Å². The number of pyridine rings is 2. The second-order valence-electron chi connectivity index (χ2n) is 6.98. The molecule has 146 valence electrons. The Bertz CT molecular complexity index is 1030. The van der Waals surface area contributed by atoms with E-state index in [1.807, 2.05) is 30.3 Å². The number of nitrogens with one attached hydrogen (secondary N) is 1. The molecule has 1 aromatic carbocycles. The van der Waals surface area contributed by atoms with Gasteiger partial charge in [-0.15, -0.1) is 0 Å². The van der Waals surface area contributed by atoms with Crippen molar-refractivity contribution in [2.75, 3.05) is 30.3 Å². The Morgan fingerprint density at radius 1 is 1.21 bits per heavy atom. The molecule has 3 N–H and O–H groups in total. The maximum absolute atomic E-state index is 13.0. The lowest BCUT2D eigenvalue weighted by Crippen LogP contribution is -2.46. The molecule has 1 atom stereocenters. The molecule has 0 amide bonds. The molecule has 4 rings (SSSR count). The topological polar surface area (TPSA) is 84.1 Å². The van der Waals surface area contributed by atoms with Crippen molar-refractivity contribution < 1.29 is 4.79 Å². The first-order valence-electron chi connectivity index (χ1n) is 9.58. The Balaban J connectivity index is 1.59. The zero-order valence-electron chi connectivity index (χ0n) is 16.1. The van der Waals surface area contributed by atoms with E-state index in [0.29, 0.717) is 11.3 Å². The van der Waals surface area contributed by atoms with E-state index >= 15 is 0 Å². The summed E-state index contributed by atoms with van der Waals surface area (Å²) >= 11 is 0. The van der Waals surface area contributed by atoms with Crippen LogP contribution >= 0.6 is 0 Å². The highest BCUT2D eigenvalue weighted by atomic mass is 16.1. The summed E-state index contributed by atoms with van der Waals surface area (Å²) in [5.74, 6) is 0.735. The number of anilines is 2. The summed E-state index contributed by atoms with van der Waals surface area (Å²) in [4.78, 5) is 23.9. The number of rotatable bonds is 5. The molecule has 1 aliphatic heterocycles. The molecule has 6 nitrogen and oxygen atoms in total. The summed E-state index contributed by atoms with van der Waals surface area (Å²) in [5.41, 5.74) is 8.61. The second-order valence-corrected chi connectivity index (χ2v) is 6.98. The lowest BCUT2D eigenvalue weighted by atomic mass is 10.0. The number of nitrogen functional groups attached to an aromatic ring is 1. The summed E-state index contributed by atoms with van der Waals surface area (Å²) in [6, 6.07) is 17.8. The number of nitrogens with zero attached hydrogens (tertiary/aromatic N) is 3. The Morgan fingerprint density at radius 3 is 2.83 bits per heavy atom. The van der Waals surface area contributed by atoms with Crippen molar-refractivity contribution in [1.29, 1.82) is 0 Å². The van der Waals surface area contributed by atoms with Crippen molar-refractivity contribution in [2.45, 2.75) is 6.04 Å². The van der Waals surface area contributed by atoms with E-state index < -0.39 is 0 Å². The predicted molar refractivity (Wildman–Crippen MR) is 116 cm³/mol. The largest absolute Gasteiger partial charge is 0.383 e. The number of benzene rings is 1. The summed E-state index contributed by atoms with van der Waals surface area (Å²) in [5, 5.41) is 3.55. The number of carbonyl (C=O) groups is 1. The molecule has 29 heavy (non-hydrogen) atoms. The molecule has 1 fully saturated rings. The maximum Gasteiger partial charge on any atom is 0.215 e. The van der Waals surface area contributed by atoms with Crippen LogP contribution in [0.15, 0.2) is 67.4 Å². The highest BCUT2D eigenvalue weighted by Crippen LogP contribution is 2.23. The third-order valence-corrected chi connectivity index (χ3v) is 5.09. The Kier molecular flexibility index (Phi) is 5.35. The molecule has 2 aromatic heterocycles. The van der Waals surface area contributed by atoms with Crippen LogP contribution in [0.2, 0.25) is 0 Å². The average molecular weight is 385 g/mol. The molecule has 6 heteroatoms. The normalized spacial score (nSPS) is 16.4. The number of ketones is 1. The standard InChI is InChI=1S/C23H23N5O/c1-2-16-13-18(23(24)26-14-16)22(29)19-9-6-10-21(27-19)28-12-11-25-20(15-28)17-7-4-3-5-8-17/h2-10,13-14,20,25H,1,11-12,15H2,(H2,24,26). The van der Waals surface area contributed by atoms with Crippen molar-refractivity contribution in [1.82, 2.24) is 15.3 Å². The summed E-state index contributed by atoms with van der Waals surface area (Å²) in [6.07, 6.45) is 3.23. The summed E-state index contributed by atoms with van der Waals surface area (Å²) in [7, 11) is 0. The van der Waals surface area contributed by atoms with Gasteiger partial charge in [0.1, 0.15) is 17.3 Å². The molecule has 0 aliphatic carbocycles. The number of piperazine rings is 1. The van der Waals surface area contributed by atoms with Crippen LogP contribution in [0, 0.1) is 0 Å². The summed E-state index contributed by atoms with van der Waals surface area (Å²) < 4.78 is 0. The fourth-order valence-corrected chi connectivity index (χ4v) is 3.52. The van der Waals surface area contributed by atoms with Crippen molar-refractivity contribution in [3.63, 3.8) is 0 Å². The minimum atomic E-state index is -0.240. The van der Waals surface area contributed by atoms with Crippen LogP contribution in [0.5, 0.6) is 0 Å². The molecule has 1 unspecified atom stereocenters. The molecular formula is C23H23N5O. The van der Waals surface area contributed by atoms with Gasteiger partial charge in [0.05, 0.1) is 5.56 Å². The monoisotopic (exact) mass is 385 g/mol. The number of hydrogen-bond donors (Lipinski definition) is 2. The highest BCUT2D eigenvalue weighted by Gasteiger charge is 2.23. The van der Waals surface area contributed by atoms with Crippen LogP contribution in [0.3, 0.4) is 0 Å². The molecule has 0 saturated carbocycles. The van der Waals surface area contributed by atoms with Crippen LogP contribution < -0.4 is 16.0 Å². The van der Waals surface area contributed by atoms with Crippen molar-refractivity contribution in [3.8, 4) is 0 Å². The molecular weight excluding hydrogens is 362 g/mol. The van der Waals surface area contributed by atoms with Gasteiger partial charge in [0, 0.05) is 31.9 Å². The van der Waals surface area contributed by atoms with Crippen molar-refractivity contribution in [3.05, 3.63) is 89.8 Å². The van der Waals surface area contributed by atoms with E-state index in [0.717, 1.165) is 31.0 Å².